The number of hydrogen-bond acceptors (Lipinski definition) is 1. The van der Waals surface area contributed by atoms with Crippen LogP contribution in [0.15, 0.2) is 89.3 Å². The van der Waals surface area contributed by atoms with Gasteiger partial charge in [0, 0.05) is 32.3 Å². The van der Waals surface area contributed by atoms with Crippen molar-refractivity contribution in [1.29, 1.82) is 0 Å². The Labute approximate surface area is 160 Å². The number of rotatable bonds is 1. The lowest BCUT2D eigenvalue weighted by Gasteiger charge is -2.08. The highest BCUT2D eigenvalue weighted by atomic mass is 35.5. The van der Waals surface area contributed by atoms with Gasteiger partial charge in [-0.2, -0.15) is 0 Å². The number of para-hydroxylation sites is 2. The molecule has 0 radical (unpaired) electrons. The zero-order valence-corrected chi connectivity index (χ0v) is 15.1. The van der Waals surface area contributed by atoms with Gasteiger partial charge < -0.3 is 8.98 Å². The molecule has 0 fully saturated rings. The van der Waals surface area contributed by atoms with Crippen LogP contribution in [0.1, 0.15) is 0 Å². The topological polar surface area (TPSA) is 18.1 Å². The standard InChI is InChI=1S/C24H14ClNO/c25-15-9-11-18-17-5-1-3-7-21(17)26(22(18)13-15)16-10-12-24-20(14-16)19-6-2-4-8-23(19)27-24/h1-14H. The summed E-state index contributed by atoms with van der Waals surface area (Å²) in [6.07, 6.45) is 0. The molecule has 6 rings (SSSR count). The first-order valence-electron chi connectivity index (χ1n) is 8.90. The molecular formula is C24H14ClNO. The summed E-state index contributed by atoms with van der Waals surface area (Å²) in [5, 5.41) is 5.42. The molecule has 27 heavy (non-hydrogen) atoms. The summed E-state index contributed by atoms with van der Waals surface area (Å²) in [5.74, 6) is 0. The largest absolute Gasteiger partial charge is 0.456 e. The molecule has 0 aliphatic carbocycles. The van der Waals surface area contributed by atoms with Crippen molar-refractivity contribution in [2.24, 2.45) is 0 Å². The van der Waals surface area contributed by atoms with Crippen LogP contribution in [0, 0.1) is 0 Å². The lowest BCUT2D eigenvalue weighted by atomic mass is 10.1. The van der Waals surface area contributed by atoms with E-state index < -0.39 is 0 Å². The summed E-state index contributed by atoms with van der Waals surface area (Å²) >= 11 is 6.33. The van der Waals surface area contributed by atoms with Crippen molar-refractivity contribution in [3.63, 3.8) is 0 Å². The Hall–Kier alpha value is -3.23. The minimum Gasteiger partial charge on any atom is -0.456 e. The van der Waals surface area contributed by atoms with Crippen LogP contribution in [-0.2, 0) is 0 Å². The number of fused-ring (bicyclic) bond motifs is 6. The van der Waals surface area contributed by atoms with E-state index in [0.717, 1.165) is 38.2 Å². The van der Waals surface area contributed by atoms with Crippen LogP contribution < -0.4 is 0 Å². The van der Waals surface area contributed by atoms with E-state index in [2.05, 4.69) is 59.2 Å². The summed E-state index contributed by atoms with van der Waals surface area (Å²) in [4.78, 5) is 0. The third-order valence-electron chi connectivity index (χ3n) is 5.25. The van der Waals surface area contributed by atoms with Crippen molar-refractivity contribution in [2.45, 2.75) is 0 Å². The quantitative estimate of drug-likeness (QED) is 0.297. The number of furan rings is 1. The maximum absolute atomic E-state index is 6.33. The van der Waals surface area contributed by atoms with Gasteiger partial charge in [0.15, 0.2) is 0 Å². The van der Waals surface area contributed by atoms with Gasteiger partial charge in [-0.1, -0.05) is 54.1 Å². The minimum atomic E-state index is 0.737. The van der Waals surface area contributed by atoms with E-state index in [-0.39, 0.29) is 0 Å². The molecule has 0 bridgehead atoms. The van der Waals surface area contributed by atoms with Crippen LogP contribution in [0.25, 0.3) is 49.4 Å². The molecule has 6 aromatic rings. The summed E-state index contributed by atoms with van der Waals surface area (Å²) < 4.78 is 8.26. The van der Waals surface area contributed by atoms with Crippen molar-refractivity contribution < 1.29 is 4.42 Å². The molecule has 128 valence electrons. The number of benzene rings is 4. The number of aromatic nitrogens is 1. The van der Waals surface area contributed by atoms with Gasteiger partial charge in [0.2, 0.25) is 0 Å². The molecule has 0 amide bonds. The first-order valence-corrected chi connectivity index (χ1v) is 9.28. The predicted octanol–water partition coefficient (Wildman–Crippen LogP) is 7.34. The molecule has 0 saturated heterocycles. The molecular weight excluding hydrogens is 354 g/mol. The molecule has 0 aliphatic rings. The fourth-order valence-electron chi connectivity index (χ4n) is 4.08. The Morgan fingerprint density at radius 1 is 0.593 bits per heavy atom. The Kier molecular flexibility index (Phi) is 2.97. The van der Waals surface area contributed by atoms with Crippen LogP contribution in [0.3, 0.4) is 0 Å². The highest BCUT2D eigenvalue weighted by molar-refractivity contribution is 6.31. The van der Waals surface area contributed by atoms with Crippen molar-refractivity contribution in [1.82, 2.24) is 4.57 Å². The van der Waals surface area contributed by atoms with Crippen LogP contribution in [0.5, 0.6) is 0 Å². The first-order chi connectivity index (χ1) is 13.3. The zero-order valence-electron chi connectivity index (χ0n) is 14.3. The molecule has 0 N–H and O–H groups in total. The van der Waals surface area contributed by atoms with Crippen molar-refractivity contribution in [3.05, 3.63) is 90.0 Å². The Balaban J connectivity index is 1.76. The average molecular weight is 368 g/mol. The molecule has 0 aliphatic heterocycles. The van der Waals surface area contributed by atoms with E-state index in [1.165, 1.54) is 16.3 Å². The highest BCUT2D eigenvalue weighted by Gasteiger charge is 2.14. The maximum atomic E-state index is 6.33. The Morgan fingerprint density at radius 3 is 2.26 bits per heavy atom. The van der Waals surface area contributed by atoms with Crippen LogP contribution >= 0.6 is 11.6 Å². The molecule has 2 nitrogen and oxygen atoms in total. The second-order valence-electron chi connectivity index (χ2n) is 6.79. The Bertz CT molecular complexity index is 1490. The molecule has 3 heteroatoms. The smallest absolute Gasteiger partial charge is 0.135 e. The summed E-state index contributed by atoms with van der Waals surface area (Å²) in [6, 6.07) is 29.1. The lowest BCUT2D eigenvalue weighted by Crippen LogP contribution is -1.93. The molecule has 0 saturated carbocycles. The second kappa shape index (κ2) is 5.38. The predicted molar refractivity (Wildman–Crippen MR) is 113 cm³/mol. The minimum absolute atomic E-state index is 0.737. The lowest BCUT2D eigenvalue weighted by molar-refractivity contribution is 0.669. The van der Waals surface area contributed by atoms with Crippen molar-refractivity contribution in [3.8, 4) is 5.69 Å². The summed E-state index contributed by atoms with van der Waals surface area (Å²) in [7, 11) is 0. The van der Waals surface area contributed by atoms with E-state index >= 15 is 0 Å². The molecule has 0 spiro atoms. The van der Waals surface area contributed by atoms with Gasteiger partial charge in [-0.15, -0.1) is 0 Å². The zero-order chi connectivity index (χ0) is 18.0. The number of halogens is 1. The van der Waals surface area contributed by atoms with Gasteiger partial charge in [0.25, 0.3) is 0 Å². The van der Waals surface area contributed by atoms with Gasteiger partial charge in [0.1, 0.15) is 11.2 Å². The van der Waals surface area contributed by atoms with Crippen molar-refractivity contribution in [2.75, 3.05) is 0 Å². The monoisotopic (exact) mass is 367 g/mol. The van der Waals surface area contributed by atoms with E-state index in [9.17, 15) is 0 Å². The third-order valence-corrected chi connectivity index (χ3v) is 5.49. The third kappa shape index (κ3) is 2.08. The van der Waals surface area contributed by atoms with E-state index in [4.69, 9.17) is 16.0 Å². The van der Waals surface area contributed by atoms with Crippen LogP contribution in [0.2, 0.25) is 5.02 Å². The van der Waals surface area contributed by atoms with E-state index in [1.807, 2.05) is 30.3 Å². The fraction of sp³-hybridized carbons (Fsp3) is 0. The molecule has 4 aromatic carbocycles. The first kappa shape index (κ1) is 14.9. The SMILES string of the molecule is Clc1ccc2c3ccccc3n(-c3ccc4oc5ccccc5c4c3)c2c1. The van der Waals surface area contributed by atoms with Gasteiger partial charge in [-0.3, -0.25) is 0 Å². The molecule has 0 unspecified atom stereocenters. The number of hydrogen-bond donors (Lipinski definition) is 0. The van der Waals surface area contributed by atoms with Gasteiger partial charge >= 0.3 is 0 Å². The van der Waals surface area contributed by atoms with E-state index in [1.54, 1.807) is 0 Å². The summed E-state index contributed by atoms with van der Waals surface area (Å²) in [6.45, 7) is 0. The van der Waals surface area contributed by atoms with Gasteiger partial charge in [-0.25, -0.2) is 0 Å². The van der Waals surface area contributed by atoms with E-state index in [0.29, 0.717) is 0 Å². The van der Waals surface area contributed by atoms with Gasteiger partial charge in [-0.05, 0) is 42.5 Å². The molecule has 2 aromatic heterocycles. The van der Waals surface area contributed by atoms with Crippen molar-refractivity contribution >= 4 is 55.3 Å². The normalized spacial score (nSPS) is 11.9. The average Bonchev–Trinajstić information content (AvgIpc) is 3.22. The van der Waals surface area contributed by atoms with Crippen LogP contribution in [-0.4, -0.2) is 4.57 Å². The Morgan fingerprint density at radius 2 is 1.33 bits per heavy atom. The highest BCUT2D eigenvalue weighted by Crippen LogP contribution is 2.36. The fourth-order valence-corrected chi connectivity index (χ4v) is 4.24. The summed E-state index contributed by atoms with van der Waals surface area (Å²) in [5.41, 5.74) is 5.19. The number of nitrogens with zero attached hydrogens (tertiary/aromatic N) is 1. The van der Waals surface area contributed by atoms with Crippen LogP contribution in [0.4, 0.5) is 0 Å². The maximum Gasteiger partial charge on any atom is 0.135 e. The molecule has 0 atom stereocenters. The van der Waals surface area contributed by atoms with Gasteiger partial charge in [0.05, 0.1) is 11.0 Å². The second-order valence-corrected chi connectivity index (χ2v) is 7.23. The molecule has 2 heterocycles.